The number of carbonyl (C=O) groups excluding carboxylic acids is 1. The standard InChI is InChI=1S/C9H12F2O2/c1-13-8(12)6-7-2-4-9(10,11)5-3-7/h6H,2-5H2,1H3. The van der Waals surface area contributed by atoms with Crippen molar-refractivity contribution in [2.75, 3.05) is 7.11 Å². The Morgan fingerprint density at radius 2 is 2.00 bits per heavy atom. The van der Waals surface area contributed by atoms with E-state index in [-0.39, 0.29) is 12.8 Å². The number of hydrogen-bond donors (Lipinski definition) is 0. The smallest absolute Gasteiger partial charge is 0.330 e. The molecular weight excluding hydrogens is 178 g/mol. The van der Waals surface area contributed by atoms with Gasteiger partial charge in [-0.3, -0.25) is 0 Å². The zero-order valence-corrected chi connectivity index (χ0v) is 7.48. The lowest BCUT2D eigenvalue weighted by molar-refractivity contribution is -0.135. The number of hydrogen-bond acceptors (Lipinski definition) is 2. The summed E-state index contributed by atoms with van der Waals surface area (Å²) in [6.07, 6.45) is 1.59. The average molecular weight is 190 g/mol. The van der Waals surface area contributed by atoms with E-state index in [2.05, 4.69) is 4.74 Å². The molecule has 2 nitrogen and oxygen atoms in total. The normalized spacial score (nSPS) is 21.0. The summed E-state index contributed by atoms with van der Waals surface area (Å²) in [6, 6.07) is 0. The molecule has 1 aliphatic carbocycles. The van der Waals surface area contributed by atoms with Crippen LogP contribution in [0.5, 0.6) is 0 Å². The summed E-state index contributed by atoms with van der Waals surface area (Å²) >= 11 is 0. The van der Waals surface area contributed by atoms with E-state index in [1.807, 2.05) is 0 Å². The molecule has 0 saturated heterocycles. The third-order valence-corrected chi connectivity index (χ3v) is 2.15. The lowest BCUT2D eigenvalue weighted by Crippen LogP contribution is -2.21. The number of methoxy groups -OCH3 is 1. The summed E-state index contributed by atoms with van der Waals surface area (Å²) in [7, 11) is 1.27. The van der Waals surface area contributed by atoms with Crippen molar-refractivity contribution in [3.05, 3.63) is 11.6 Å². The maximum Gasteiger partial charge on any atom is 0.330 e. The van der Waals surface area contributed by atoms with Crippen LogP contribution >= 0.6 is 0 Å². The van der Waals surface area contributed by atoms with Gasteiger partial charge in [-0.25, -0.2) is 13.6 Å². The van der Waals surface area contributed by atoms with Crippen LogP contribution in [0.2, 0.25) is 0 Å². The molecule has 13 heavy (non-hydrogen) atoms. The highest BCUT2D eigenvalue weighted by molar-refractivity contribution is 5.82. The molecule has 0 spiro atoms. The van der Waals surface area contributed by atoms with Crippen LogP contribution in [0.25, 0.3) is 0 Å². The van der Waals surface area contributed by atoms with Crippen LogP contribution in [0.3, 0.4) is 0 Å². The second kappa shape index (κ2) is 3.85. The minimum absolute atomic E-state index is 0.157. The molecule has 0 bridgehead atoms. The largest absolute Gasteiger partial charge is 0.466 e. The van der Waals surface area contributed by atoms with Crippen LogP contribution < -0.4 is 0 Å². The first kappa shape index (κ1) is 10.2. The molecule has 1 fully saturated rings. The topological polar surface area (TPSA) is 26.3 Å². The minimum Gasteiger partial charge on any atom is -0.466 e. The van der Waals surface area contributed by atoms with Gasteiger partial charge in [0.05, 0.1) is 7.11 Å². The molecule has 74 valence electrons. The number of ether oxygens (including phenoxy) is 1. The van der Waals surface area contributed by atoms with Crippen LogP contribution in [-0.2, 0) is 9.53 Å². The molecule has 1 rings (SSSR count). The highest BCUT2D eigenvalue weighted by atomic mass is 19.3. The Bertz CT molecular complexity index is 222. The van der Waals surface area contributed by atoms with Gasteiger partial charge in [-0.15, -0.1) is 0 Å². The van der Waals surface area contributed by atoms with E-state index in [4.69, 9.17) is 0 Å². The van der Waals surface area contributed by atoms with Crippen molar-refractivity contribution in [2.24, 2.45) is 0 Å². The molecule has 0 aromatic heterocycles. The second-order valence-electron chi connectivity index (χ2n) is 3.18. The number of allylic oxidation sites excluding steroid dienone is 1. The summed E-state index contributed by atoms with van der Waals surface area (Å²) in [5.74, 6) is -3.01. The van der Waals surface area contributed by atoms with Crippen molar-refractivity contribution < 1.29 is 18.3 Å². The van der Waals surface area contributed by atoms with Gasteiger partial charge in [-0.1, -0.05) is 5.57 Å². The molecule has 0 amide bonds. The van der Waals surface area contributed by atoms with Gasteiger partial charge in [0.15, 0.2) is 0 Å². The summed E-state index contributed by atoms with van der Waals surface area (Å²) < 4.78 is 29.7. The molecule has 1 aliphatic rings. The van der Waals surface area contributed by atoms with Crippen molar-refractivity contribution in [1.82, 2.24) is 0 Å². The zero-order chi connectivity index (χ0) is 9.90. The Morgan fingerprint density at radius 1 is 1.46 bits per heavy atom. The monoisotopic (exact) mass is 190 g/mol. The van der Waals surface area contributed by atoms with Crippen LogP contribution in [0, 0.1) is 0 Å². The van der Waals surface area contributed by atoms with Crippen molar-refractivity contribution in [3.63, 3.8) is 0 Å². The number of esters is 1. The fourth-order valence-electron chi connectivity index (χ4n) is 1.31. The molecule has 0 unspecified atom stereocenters. The van der Waals surface area contributed by atoms with Crippen molar-refractivity contribution in [3.8, 4) is 0 Å². The number of alkyl halides is 2. The molecule has 4 heteroatoms. The summed E-state index contributed by atoms with van der Waals surface area (Å²) in [5.41, 5.74) is 0.762. The Balaban J connectivity index is 2.50. The lowest BCUT2D eigenvalue weighted by atomic mass is 9.92. The fourth-order valence-corrected chi connectivity index (χ4v) is 1.31. The molecule has 1 saturated carbocycles. The fraction of sp³-hybridized carbons (Fsp3) is 0.667. The number of carbonyl (C=O) groups is 1. The maximum atomic E-state index is 12.7. The molecule has 0 radical (unpaired) electrons. The molecule has 0 atom stereocenters. The number of halogens is 2. The maximum absolute atomic E-state index is 12.7. The van der Waals surface area contributed by atoms with Gasteiger partial charge in [0.1, 0.15) is 0 Å². The Morgan fingerprint density at radius 3 is 2.46 bits per heavy atom. The van der Waals surface area contributed by atoms with Crippen molar-refractivity contribution in [1.29, 1.82) is 0 Å². The van der Waals surface area contributed by atoms with Gasteiger partial charge in [0, 0.05) is 18.9 Å². The first-order valence-electron chi connectivity index (χ1n) is 4.19. The minimum atomic E-state index is -2.55. The summed E-state index contributed by atoms with van der Waals surface area (Å²) in [4.78, 5) is 10.8. The molecule has 0 aromatic carbocycles. The van der Waals surface area contributed by atoms with E-state index in [9.17, 15) is 13.6 Å². The second-order valence-corrected chi connectivity index (χ2v) is 3.18. The van der Waals surface area contributed by atoms with Crippen LogP contribution in [0.1, 0.15) is 25.7 Å². The molecule has 0 N–H and O–H groups in total. The molecule has 0 heterocycles. The van der Waals surface area contributed by atoms with Crippen molar-refractivity contribution >= 4 is 5.97 Å². The summed E-state index contributed by atoms with van der Waals surface area (Å²) in [5, 5.41) is 0. The highest BCUT2D eigenvalue weighted by Crippen LogP contribution is 2.35. The Labute approximate surface area is 75.6 Å². The van der Waals surface area contributed by atoms with E-state index in [1.54, 1.807) is 0 Å². The van der Waals surface area contributed by atoms with Gasteiger partial charge < -0.3 is 4.74 Å². The number of rotatable bonds is 1. The van der Waals surface area contributed by atoms with Gasteiger partial charge in [-0.05, 0) is 12.8 Å². The van der Waals surface area contributed by atoms with Crippen LogP contribution in [0.4, 0.5) is 8.78 Å². The third kappa shape index (κ3) is 3.13. The Hall–Kier alpha value is -0.930. The quantitative estimate of drug-likeness (QED) is 0.468. The SMILES string of the molecule is COC(=O)C=C1CCC(F)(F)CC1. The predicted octanol–water partition coefficient (Wildman–Crippen LogP) is 2.30. The first-order valence-corrected chi connectivity index (χ1v) is 4.19. The Kier molecular flexibility index (Phi) is 3.01. The third-order valence-electron chi connectivity index (χ3n) is 2.15. The zero-order valence-electron chi connectivity index (χ0n) is 7.48. The van der Waals surface area contributed by atoms with Crippen LogP contribution in [-0.4, -0.2) is 19.0 Å². The summed E-state index contributed by atoms with van der Waals surface area (Å²) in [6.45, 7) is 0. The van der Waals surface area contributed by atoms with Crippen LogP contribution in [0.15, 0.2) is 11.6 Å². The first-order chi connectivity index (χ1) is 6.03. The predicted molar refractivity (Wildman–Crippen MR) is 43.5 cm³/mol. The van der Waals surface area contributed by atoms with E-state index >= 15 is 0 Å². The van der Waals surface area contributed by atoms with E-state index in [0.29, 0.717) is 12.8 Å². The molecule has 0 aromatic rings. The van der Waals surface area contributed by atoms with Gasteiger partial charge in [-0.2, -0.15) is 0 Å². The average Bonchev–Trinajstić information content (AvgIpc) is 2.08. The van der Waals surface area contributed by atoms with E-state index in [1.165, 1.54) is 13.2 Å². The lowest BCUT2D eigenvalue weighted by Gasteiger charge is -2.22. The van der Waals surface area contributed by atoms with E-state index < -0.39 is 11.9 Å². The van der Waals surface area contributed by atoms with Crippen molar-refractivity contribution in [2.45, 2.75) is 31.6 Å². The van der Waals surface area contributed by atoms with E-state index in [0.717, 1.165) is 5.57 Å². The van der Waals surface area contributed by atoms with Gasteiger partial charge in [0.2, 0.25) is 5.92 Å². The molecular formula is C9H12F2O2. The highest BCUT2D eigenvalue weighted by Gasteiger charge is 2.32. The molecule has 0 aliphatic heterocycles. The van der Waals surface area contributed by atoms with Gasteiger partial charge >= 0.3 is 5.97 Å². The van der Waals surface area contributed by atoms with Gasteiger partial charge in [0.25, 0.3) is 0 Å².